The van der Waals surface area contributed by atoms with E-state index in [9.17, 15) is 26.5 Å². The predicted molar refractivity (Wildman–Crippen MR) is 367 cm³/mol. The van der Waals surface area contributed by atoms with Gasteiger partial charge in [-0.25, -0.2) is 37.3 Å². The number of hydrogen-bond donors (Lipinski definition) is 11. The van der Waals surface area contributed by atoms with E-state index in [0.29, 0.717) is 42.1 Å². The Hall–Kier alpha value is -6.42. The Morgan fingerprint density at radius 3 is 1.71 bits per heavy atom. The van der Waals surface area contributed by atoms with Gasteiger partial charge in [-0.05, 0) is 207 Å². The van der Waals surface area contributed by atoms with Crippen molar-refractivity contribution in [3.05, 3.63) is 182 Å². The van der Waals surface area contributed by atoms with E-state index in [-0.39, 0.29) is 84.5 Å². The SMILES string of the molecule is CCc1n[nH]c(=S)o1.CNC(=O)Nc1cccc(-n2[nH]nnc2=S)c1.CSc1n[nH]c(=S)s1.Cc1n[nH]c(=S)n1-c1ccccc1.O=S(=O)([O-])c1cccc(-n2[nH]nnc2=S)c1.O=S([O-])c1ccc(-n2[nH]nnc2=S)cc1.S=c1[nH]c2ccccc2s1.S=c1nc[nH][nH]1.[Na+].[Na+]. The number of aromatic amines is 9. The fraction of sp³-hybridized carbons (Fsp3) is 0.104. The first-order chi connectivity index (χ1) is 44.6. The summed E-state index contributed by atoms with van der Waals surface area (Å²) in [6.07, 6.45) is 4.26. The molecule has 0 fully saturated rings. The first-order valence-corrected chi connectivity index (χ1v) is 34.0. The summed E-state index contributed by atoms with van der Waals surface area (Å²) in [6, 6.07) is 36.5. The predicted octanol–water partition coefficient (Wildman–Crippen LogP) is 4.76. The maximum Gasteiger partial charge on any atom is 1.00 e. The number of urea groups is 1. The van der Waals surface area contributed by atoms with Crippen LogP contribution in [0.4, 0.5) is 10.5 Å². The average Bonchev–Trinajstić information content (AvgIpc) is 1.86. The zero-order valence-corrected chi connectivity index (χ0v) is 64.4. The Balaban J connectivity index is 0.000000235. The van der Waals surface area contributed by atoms with Crippen molar-refractivity contribution in [3.63, 3.8) is 0 Å². The summed E-state index contributed by atoms with van der Waals surface area (Å²) in [5.74, 6) is 1.53. The molecule has 0 spiro atoms. The van der Waals surface area contributed by atoms with Crippen LogP contribution in [0.25, 0.3) is 33.0 Å². The molecular weight excluding hydrogens is 1500 g/mol. The Labute approximate surface area is 637 Å². The smallest absolute Gasteiger partial charge is 0.768 e. The van der Waals surface area contributed by atoms with Gasteiger partial charge in [-0.3, -0.25) is 29.2 Å². The third-order valence-corrected chi connectivity index (χ3v) is 16.9. The Bertz CT molecular complexity index is 5020. The second-order valence-corrected chi connectivity index (χ2v) is 25.7. The molecule has 95 heavy (non-hydrogen) atoms. The third kappa shape index (κ3) is 26.8. The van der Waals surface area contributed by atoms with Crippen LogP contribution in [0.2, 0.25) is 0 Å². The maximum absolute atomic E-state index is 11.2. The van der Waals surface area contributed by atoms with Gasteiger partial charge in [0.25, 0.3) is 4.84 Å². The van der Waals surface area contributed by atoms with Gasteiger partial charge in [0.05, 0.1) is 32.2 Å². The number of benzene rings is 5. The third-order valence-electron chi connectivity index (χ3n) is 10.6. The second kappa shape index (κ2) is 41.6. The summed E-state index contributed by atoms with van der Waals surface area (Å²) in [5, 5.41) is 58.9. The van der Waals surface area contributed by atoms with Gasteiger partial charge in [-0.1, -0.05) is 103 Å². The van der Waals surface area contributed by atoms with E-state index in [1.54, 1.807) is 66.5 Å². The van der Waals surface area contributed by atoms with E-state index >= 15 is 0 Å². The van der Waals surface area contributed by atoms with Crippen LogP contribution in [-0.4, -0.2) is 157 Å². The number of aryl methyl sites for hydroxylation is 2. The molecule has 13 aromatic rings. The van der Waals surface area contributed by atoms with Gasteiger partial charge < -0.3 is 29.1 Å². The number of hydrogen-bond acceptors (Lipinski definition) is 28. The molecule has 0 radical (unpaired) electrons. The van der Waals surface area contributed by atoms with Crippen molar-refractivity contribution in [2.45, 2.75) is 34.4 Å². The molecular formula is C48H47N25Na2O7S13. The summed E-state index contributed by atoms with van der Waals surface area (Å²) in [6.45, 7) is 3.87. The number of anilines is 1. The number of nitrogens with one attached hydrogen (secondary N) is 11. The Kier molecular flexibility index (Phi) is 35.5. The Morgan fingerprint density at radius 1 is 0.695 bits per heavy atom. The summed E-state index contributed by atoms with van der Waals surface area (Å²) in [5.41, 5.74) is 4.63. The minimum absolute atomic E-state index is 0. The largest absolute Gasteiger partial charge is 1.00 e. The van der Waals surface area contributed by atoms with Crippen LogP contribution in [0.3, 0.4) is 0 Å². The molecule has 0 aliphatic carbocycles. The minimum atomic E-state index is -4.48. The average molecular weight is 1550 g/mol. The van der Waals surface area contributed by atoms with Crippen LogP contribution in [0.5, 0.6) is 0 Å². The van der Waals surface area contributed by atoms with Crippen LogP contribution in [0.15, 0.2) is 152 Å². The molecule has 8 aromatic heterocycles. The van der Waals surface area contributed by atoms with Gasteiger partial charge in [0.1, 0.15) is 22.3 Å². The van der Waals surface area contributed by atoms with Gasteiger partial charge >= 0.3 is 65.1 Å². The number of amides is 2. The van der Waals surface area contributed by atoms with E-state index in [0.717, 1.165) is 41.4 Å². The molecule has 1 unspecified atom stereocenters. The zero-order valence-electron chi connectivity index (χ0n) is 49.8. The summed E-state index contributed by atoms with van der Waals surface area (Å²) in [7, 11) is -2.93. The molecule has 486 valence electrons. The molecule has 11 N–H and O–H groups in total. The van der Waals surface area contributed by atoms with Crippen molar-refractivity contribution in [1.29, 1.82) is 0 Å². The monoisotopic (exact) mass is 1550 g/mol. The second-order valence-electron chi connectivity index (χ2n) is 16.7. The quantitative estimate of drug-likeness (QED) is 0.0305. The molecule has 1 atom stereocenters. The number of fused-ring (bicyclic) bond motifs is 1. The topological polar surface area (TPSA) is 442 Å². The molecule has 5 aromatic carbocycles. The summed E-state index contributed by atoms with van der Waals surface area (Å²) < 4.78 is 70.4. The van der Waals surface area contributed by atoms with Gasteiger partial charge in [-0.2, -0.15) is 25.8 Å². The number of thiazole rings is 1. The number of H-pyrrole nitrogens is 9. The van der Waals surface area contributed by atoms with Crippen LogP contribution < -0.4 is 69.7 Å². The molecule has 0 saturated heterocycles. The molecule has 0 aliphatic heterocycles. The molecule has 0 aliphatic rings. The molecule has 32 nitrogen and oxygen atoms in total. The minimum Gasteiger partial charge on any atom is -0.768 e. The van der Waals surface area contributed by atoms with Crippen molar-refractivity contribution in [2.75, 3.05) is 18.6 Å². The number of carbonyl (C=O) groups is 1. The fourth-order valence-corrected chi connectivity index (χ4v) is 11.2. The standard InChI is InChI=1S/C9H10N6OS.C9H9N3S.C7H6N4O3S2.C7H6N4O2S2.C7H5NS2.C4H6N2OS.C3H4N2S3.C2H3N3S.2Na/c1-10-8(16)11-6-3-2-4-7(5-6)15-9(17)12-13-14-15;1-7-10-11-9(13)12(7)8-5-3-2-4-6-8;12-16(13,14)6-3-1-2-5(4-6)11-7(15)8-9-10-11;12-15(13)6-3-1-5(2-4-6)11-7(14)8-9-10-11;9-7-8-5-3-1-2-4-6(5)10-7;1-2-3-5-6-4(8)7-3;1-7-3-5-4-2(6)8-3;6-2-3-1-4-5-2;;/h2-5H,1H3,(H2,10,11,16)(H,12,14,17);2-6H,1H3,(H,11,13);1-4H,(H,8,10,15)(H,12,13,14);1-4H,(H,12,13)(H,8,10,14);1-4H,(H,8,9);2H2,1H3,(H,6,8);1H3,(H,4,6);1H,(H2,3,4,5,6);;/q;;;;;;;;2*+1/p-2. The number of tetrazole rings is 3. The number of para-hydroxylation sites is 2. The van der Waals surface area contributed by atoms with Crippen LogP contribution in [0, 0.1) is 43.5 Å². The van der Waals surface area contributed by atoms with Gasteiger partial charge in [0.15, 0.2) is 17.0 Å². The fourth-order valence-electron chi connectivity index (χ4n) is 6.58. The van der Waals surface area contributed by atoms with E-state index in [4.69, 9.17) is 77.7 Å². The van der Waals surface area contributed by atoms with Gasteiger partial charge in [0.2, 0.25) is 25.0 Å². The van der Waals surface area contributed by atoms with Crippen LogP contribution in [0.1, 0.15) is 18.6 Å². The van der Waals surface area contributed by atoms with Crippen molar-refractivity contribution in [2.24, 2.45) is 0 Å². The van der Waals surface area contributed by atoms with E-state index in [1.165, 1.54) is 66.7 Å². The molecule has 0 saturated carbocycles. The number of thioether (sulfide) groups is 1. The van der Waals surface area contributed by atoms with Gasteiger partial charge in [0, 0.05) is 29.7 Å². The van der Waals surface area contributed by atoms with Crippen LogP contribution in [-0.2, 0) is 27.6 Å². The van der Waals surface area contributed by atoms with Crippen molar-refractivity contribution in [1.82, 2.24) is 121 Å². The Morgan fingerprint density at radius 2 is 1.27 bits per heavy atom. The molecule has 8 heterocycles. The summed E-state index contributed by atoms with van der Waals surface area (Å²) in [4.78, 5) is 18.1. The normalized spacial score (nSPS) is 10.4. The van der Waals surface area contributed by atoms with Crippen molar-refractivity contribution >= 4 is 175 Å². The summed E-state index contributed by atoms with van der Waals surface area (Å²) >= 11 is 41.2. The first kappa shape index (κ1) is 81.0. The van der Waals surface area contributed by atoms with Crippen molar-refractivity contribution in [3.8, 4) is 22.7 Å². The van der Waals surface area contributed by atoms with E-state index in [2.05, 4.69) is 138 Å². The molecule has 47 heteroatoms. The zero-order chi connectivity index (χ0) is 67.5. The number of carbonyl (C=O) groups excluding carboxylic acids is 1. The van der Waals surface area contributed by atoms with Crippen molar-refractivity contribution < 1.29 is 90.1 Å². The molecule has 0 bridgehead atoms. The number of rotatable bonds is 9. The number of aromatic nitrogens is 23. The van der Waals surface area contributed by atoms with E-state index < -0.39 is 21.2 Å². The van der Waals surface area contributed by atoms with Crippen LogP contribution >= 0.6 is 132 Å². The molecule has 2 amide bonds. The molecule has 13 rings (SSSR count). The first-order valence-electron chi connectivity index (χ1n) is 25.4. The maximum atomic E-state index is 11.2. The van der Waals surface area contributed by atoms with Gasteiger partial charge in [-0.15, -0.1) is 16.4 Å². The number of nitrogens with zero attached hydrogens (tertiary/aromatic N) is 14. The van der Waals surface area contributed by atoms with E-state index in [1.807, 2.05) is 79.3 Å².